The fourth-order valence-corrected chi connectivity index (χ4v) is 3.68. The third kappa shape index (κ3) is 7.17. The molecule has 4 aromatic carbocycles. The van der Waals surface area contributed by atoms with Crippen LogP contribution in [0.25, 0.3) is 36.5 Å². The van der Waals surface area contributed by atoms with Gasteiger partial charge in [-0.1, -0.05) is 48.6 Å². The second kappa shape index (κ2) is 12.0. The first-order valence-electron chi connectivity index (χ1n) is 11.7. The molecule has 0 bridgehead atoms. The van der Waals surface area contributed by atoms with E-state index < -0.39 is 14.8 Å². The molecule has 0 aromatic heterocycles. The number of nitrogens with zero attached hydrogens (tertiary/aromatic N) is 3. The summed E-state index contributed by atoms with van der Waals surface area (Å²) in [6, 6.07) is 24.5. The predicted molar refractivity (Wildman–Crippen MR) is 153 cm³/mol. The Balaban J connectivity index is 1.63. The number of benzene rings is 4. The van der Waals surface area contributed by atoms with Crippen LogP contribution in [0.5, 0.6) is 0 Å². The van der Waals surface area contributed by atoms with Gasteiger partial charge in [-0.05, 0) is 75.8 Å². The standard InChI is InChI=1S/C30H21N3O6/c34-31(35)28-15-6-22(7-16-28)1-2-25-5-13-26(12-3-23-8-17-29(18-9-23)32(36)37)27(21-25)14-4-24-10-19-30(20-11-24)33(38)39/h1-21H/b2-1+,12-3+,14-4+. The highest BCUT2D eigenvalue weighted by molar-refractivity contribution is 5.82. The molecule has 192 valence electrons. The largest absolute Gasteiger partial charge is 0.269 e. The van der Waals surface area contributed by atoms with Crippen LogP contribution in [-0.2, 0) is 0 Å². The summed E-state index contributed by atoms with van der Waals surface area (Å²) in [7, 11) is 0. The van der Waals surface area contributed by atoms with Crippen molar-refractivity contribution in [2.24, 2.45) is 0 Å². The Hall–Kier alpha value is -5.70. The molecule has 9 nitrogen and oxygen atoms in total. The predicted octanol–water partition coefficient (Wildman–Crippen LogP) is 7.92. The number of hydrogen-bond acceptors (Lipinski definition) is 6. The molecular formula is C30H21N3O6. The Morgan fingerprint density at radius 2 is 0.692 bits per heavy atom. The first-order chi connectivity index (χ1) is 18.8. The number of nitro benzene ring substituents is 3. The van der Waals surface area contributed by atoms with Crippen LogP contribution >= 0.6 is 0 Å². The summed E-state index contributed by atoms with van der Waals surface area (Å²) in [4.78, 5) is 31.4. The summed E-state index contributed by atoms with van der Waals surface area (Å²) in [5.74, 6) is 0. The lowest BCUT2D eigenvalue weighted by atomic mass is 10.0. The summed E-state index contributed by atoms with van der Waals surface area (Å²) in [6.07, 6.45) is 11.3. The maximum Gasteiger partial charge on any atom is 0.269 e. The van der Waals surface area contributed by atoms with Crippen molar-refractivity contribution in [2.75, 3.05) is 0 Å². The van der Waals surface area contributed by atoms with Gasteiger partial charge in [-0.3, -0.25) is 30.3 Å². The Bertz CT molecular complexity index is 1600. The maximum atomic E-state index is 10.9. The maximum absolute atomic E-state index is 10.9. The lowest BCUT2D eigenvalue weighted by Gasteiger charge is -2.05. The van der Waals surface area contributed by atoms with Crippen molar-refractivity contribution in [1.29, 1.82) is 0 Å². The third-order valence-electron chi connectivity index (χ3n) is 5.80. The van der Waals surface area contributed by atoms with Crippen molar-refractivity contribution in [3.63, 3.8) is 0 Å². The van der Waals surface area contributed by atoms with Crippen LogP contribution in [0.2, 0.25) is 0 Å². The van der Waals surface area contributed by atoms with Gasteiger partial charge in [0, 0.05) is 36.4 Å². The highest BCUT2D eigenvalue weighted by atomic mass is 16.6. The summed E-state index contributed by atoms with van der Waals surface area (Å²) in [5.41, 5.74) is 5.10. The van der Waals surface area contributed by atoms with Gasteiger partial charge in [0.05, 0.1) is 14.8 Å². The Morgan fingerprint density at radius 3 is 1.08 bits per heavy atom. The zero-order valence-corrected chi connectivity index (χ0v) is 20.4. The Morgan fingerprint density at radius 1 is 0.385 bits per heavy atom. The van der Waals surface area contributed by atoms with Crippen molar-refractivity contribution >= 4 is 53.5 Å². The van der Waals surface area contributed by atoms with E-state index in [4.69, 9.17) is 0 Å². The molecule has 0 radical (unpaired) electrons. The van der Waals surface area contributed by atoms with Crippen LogP contribution in [0, 0.1) is 30.3 Å². The molecule has 39 heavy (non-hydrogen) atoms. The van der Waals surface area contributed by atoms with Crippen molar-refractivity contribution < 1.29 is 14.8 Å². The minimum Gasteiger partial charge on any atom is -0.258 e. The molecule has 4 rings (SSSR count). The molecule has 0 aliphatic heterocycles. The minimum absolute atomic E-state index is 0.0113. The molecular weight excluding hydrogens is 498 g/mol. The van der Waals surface area contributed by atoms with Crippen molar-refractivity contribution in [1.82, 2.24) is 0 Å². The van der Waals surface area contributed by atoms with Gasteiger partial charge >= 0.3 is 0 Å². The van der Waals surface area contributed by atoms with E-state index >= 15 is 0 Å². The van der Waals surface area contributed by atoms with Crippen LogP contribution in [0.1, 0.15) is 33.4 Å². The fraction of sp³-hybridized carbons (Fsp3) is 0. The van der Waals surface area contributed by atoms with E-state index in [1.807, 2.05) is 54.7 Å². The van der Waals surface area contributed by atoms with Crippen LogP contribution < -0.4 is 0 Å². The SMILES string of the molecule is O=[N+]([O-])c1ccc(/C=C/c2ccc(/C=C/c3ccc([N+](=O)[O-])cc3)c(/C=C/c3ccc([N+](=O)[O-])cc3)c2)cc1. The highest BCUT2D eigenvalue weighted by Crippen LogP contribution is 2.22. The van der Waals surface area contributed by atoms with Gasteiger partial charge in [0.2, 0.25) is 0 Å². The van der Waals surface area contributed by atoms with Gasteiger partial charge < -0.3 is 0 Å². The number of nitro groups is 3. The molecule has 0 atom stereocenters. The lowest BCUT2D eigenvalue weighted by molar-refractivity contribution is -0.385. The molecule has 9 heteroatoms. The van der Waals surface area contributed by atoms with Gasteiger partial charge in [-0.15, -0.1) is 0 Å². The minimum atomic E-state index is -0.449. The van der Waals surface area contributed by atoms with Gasteiger partial charge in [0.15, 0.2) is 0 Å². The average molecular weight is 520 g/mol. The van der Waals surface area contributed by atoms with Gasteiger partial charge in [0.25, 0.3) is 17.1 Å². The van der Waals surface area contributed by atoms with Gasteiger partial charge in [-0.25, -0.2) is 0 Å². The van der Waals surface area contributed by atoms with E-state index in [0.29, 0.717) is 0 Å². The van der Waals surface area contributed by atoms with Crippen molar-refractivity contribution in [3.05, 3.63) is 155 Å². The number of non-ortho nitro benzene ring substituents is 3. The summed E-state index contributed by atoms with van der Waals surface area (Å²) in [5, 5.41) is 32.7. The summed E-state index contributed by atoms with van der Waals surface area (Å²) in [6.45, 7) is 0. The second-order valence-electron chi connectivity index (χ2n) is 8.43. The average Bonchev–Trinajstić information content (AvgIpc) is 2.95. The second-order valence-corrected chi connectivity index (χ2v) is 8.43. The van der Waals surface area contributed by atoms with Crippen LogP contribution in [0.3, 0.4) is 0 Å². The normalized spacial score (nSPS) is 11.4. The molecule has 0 saturated carbocycles. The van der Waals surface area contributed by atoms with E-state index in [1.165, 1.54) is 36.4 Å². The molecule has 0 amide bonds. The first-order valence-corrected chi connectivity index (χ1v) is 11.7. The van der Waals surface area contributed by atoms with Gasteiger partial charge in [0.1, 0.15) is 0 Å². The molecule has 0 heterocycles. The molecule has 0 aliphatic rings. The lowest BCUT2D eigenvalue weighted by Crippen LogP contribution is -1.87. The van der Waals surface area contributed by atoms with Crippen LogP contribution in [0.4, 0.5) is 17.1 Å². The fourth-order valence-electron chi connectivity index (χ4n) is 3.68. The molecule has 0 N–H and O–H groups in total. The smallest absolute Gasteiger partial charge is 0.258 e. The molecule has 0 saturated heterocycles. The van der Waals surface area contributed by atoms with E-state index in [1.54, 1.807) is 36.4 Å². The van der Waals surface area contributed by atoms with Crippen LogP contribution in [0.15, 0.2) is 91.0 Å². The van der Waals surface area contributed by atoms with E-state index in [2.05, 4.69) is 0 Å². The quantitative estimate of drug-likeness (QED) is 0.125. The van der Waals surface area contributed by atoms with Crippen LogP contribution in [-0.4, -0.2) is 14.8 Å². The number of hydrogen-bond donors (Lipinski definition) is 0. The highest BCUT2D eigenvalue weighted by Gasteiger charge is 2.05. The summed E-state index contributed by atoms with van der Waals surface area (Å²) >= 11 is 0. The summed E-state index contributed by atoms with van der Waals surface area (Å²) < 4.78 is 0. The topological polar surface area (TPSA) is 129 Å². The first kappa shape index (κ1) is 26.4. The zero-order valence-electron chi connectivity index (χ0n) is 20.4. The molecule has 0 fully saturated rings. The van der Waals surface area contributed by atoms with Crippen molar-refractivity contribution in [2.45, 2.75) is 0 Å². The van der Waals surface area contributed by atoms with E-state index in [-0.39, 0.29) is 17.1 Å². The molecule has 0 spiro atoms. The molecule has 0 unspecified atom stereocenters. The number of rotatable bonds is 9. The van der Waals surface area contributed by atoms with Gasteiger partial charge in [-0.2, -0.15) is 0 Å². The molecule has 4 aromatic rings. The zero-order chi connectivity index (χ0) is 27.8. The van der Waals surface area contributed by atoms with E-state index in [0.717, 1.165) is 33.4 Å². The Labute approximate surface area is 223 Å². The monoisotopic (exact) mass is 519 g/mol. The van der Waals surface area contributed by atoms with Crippen molar-refractivity contribution in [3.8, 4) is 0 Å². The third-order valence-corrected chi connectivity index (χ3v) is 5.80. The molecule has 0 aliphatic carbocycles. The van der Waals surface area contributed by atoms with E-state index in [9.17, 15) is 30.3 Å². The Kier molecular flexibility index (Phi) is 8.13.